The first-order chi connectivity index (χ1) is 8.56. The highest BCUT2D eigenvalue weighted by Gasteiger charge is 2.04. The zero-order valence-electron chi connectivity index (χ0n) is 9.91. The second-order valence-electron chi connectivity index (χ2n) is 4.04. The molecule has 0 bridgehead atoms. The second kappa shape index (κ2) is 5.63. The van der Waals surface area contributed by atoms with Gasteiger partial charge in [-0.05, 0) is 48.9 Å². The topological polar surface area (TPSA) is 35.2 Å². The summed E-state index contributed by atoms with van der Waals surface area (Å²) in [5.41, 5.74) is 8.53. The van der Waals surface area contributed by atoms with Crippen LogP contribution in [-0.4, -0.2) is 0 Å². The maximum atomic E-state index is 5.93. The Bertz CT molecular complexity index is 572. The number of anilines is 1. The lowest BCUT2D eigenvalue weighted by molar-refractivity contribution is 0.305. The Hall–Kier alpha value is -1.19. The van der Waals surface area contributed by atoms with Crippen molar-refractivity contribution in [3.05, 3.63) is 57.0 Å². The highest BCUT2D eigenvalue weighted by Crippen LogP contribution is 2.25. The van der Waals surface area contributed by atoms with Gasteiger partial charge in [0.15, 0.2) is 0 Å². The largest absolute Gasteiger partial charge is 0.489 e. The third-order valence-electron chi connectivity index (χ3n) is 2.63. The first kappa shape index (κ1) is 13.2. The van der Waals surface area contributed by atoms with Gasteiger partial charge in [0.25, 0.3) is 0 Å². The van der Waals surface area contributed by atoms with E-state index in [1.807, 2.05) is 31.2 Å². The first-order valence-electron chi connectivity index (χ1n) is 5.49. The quantitative estimate of drug-likeness (QED) is 0.838. The minimum Gasteiger partial charge on any atom is -0.489 e. The zero-order chi connectivity index (χ0) is 13.1. The lowest BCUT2D eigenvalue weighted by Crippen LogP contribution is -2.01. The van der Waals surface area contributed by atoms with Crippen molar-refractivity contribution in [3.63, 3.8) is 0 Å². The van der Waals surface area contributed by atoms with Gasteiger partial charge in [0.1, 0.15) is 12.4 Å². The van der Waals surface area contributed by atoms with Crippen molar-refractivity contribution >= 4 is 33.2 Å². The summed E-state index contributed by atoms with van der Waals surface area (Å²) >= 11 is 9.35. The van der Waals surface area contributed by atoms with E-state index in [1.165, 1.54) is 0 Å². The van der Waals surface area contributed by atoms with E-state index in [4.69, 9.17) is 22.1 Å². The van der Waals surface area contributed by atoms with Crippen LogP contribution in [0.5, 0.6) is 5.75 Å². The van der Waals surface area contributed by atoms with E-state index in [0.717, 1.165) is 21.3 Å². The fourth-order valence-corrected chi connectivity index (χ4v) is 2.30. The Labute approximate surface area is 120 Å². The van der Waals surface area contributed by atoms with E-state index in [1.54, 1.807) is 12.1 Å². The summed E-state index contributed by atoms with van der Waals surface area (Å²) in [5.74, 6) is 0.845. The van der Waals surface area contributed by atoms with Gasteiger partial charge in [-0.3, -0.25) is 0 Å². The van der Waals surface area contributed by atoms with E-state index in [2.05, 4.69) is 15.9 Å². The van der Waals surface area contributed by atoms with Crippen LogP contribution < -0.4 is 10.5 Å². The maximum Gasteiger partial charge on any atom is 0.122 e. The molecule has 2 aromatic rings. The zero-order valence-corrected chi connectivity index (χ0v) is 12.3. The number of hydrogen-bond donors (Lipinski definition) is 1. The fourth-order valence-electron chi connectivity index (χ4n) is 1.63. The summed E-state index contributed by atoms with van der Waals surface area (Å²) in [6.07, 6.45) is 0. The fraction of sp³-hybridized carbons (Fsp3) is 0.143. The molecule has 0 heterocycles. The van der Waals surface area contributed by atoms with Gasteiger partial charge in [-0.25, -0.2) is 0 Å². The molecule has 0 unspecified atom stereocenters. The lowest BCUT2D eigenvalue weighted by Gasteiger charge is -2.11. The van der Waals surface area contributed by atoms with Crippen LogP contribution in [0.15, 0.2) is 40.9 Å². The van der Waals surface area contributed by atoms with Crippen LogP contribution in [0.2, 0.25) is 5.02 Å². The van der Waals surface area contributed by atoms with E-state index in [9.17, 15) is 0 Å². The third-order valence-corrected chi connectivity index (χ3v) is 3.35. The van der Waals surface area contributed by atoms with Gasteiger partial charge < -0.3 is 10.5 Å². The number of nitrogen functional groups attached to an aromatic ring is 1. The highest BCUT2D eigenvalue weighted by atomic mass is 79.9. The molecular formula is C14H13BrClNO. The smallest absolute Gasteiger partial charge is 0.122 e. The van der Waals surface area contributed by atoms with Crippen LogP contribution in [0.1, 0.15) is 11.1 Å². The molecule has 0 saturated heterocycles. The summed E-state index contributed by atoms with van der Waals surface area (Å²) in [5, 5.41) is 0.662. The van der Waals surface area contributed by atoms with Gasteiger partial charge in [0.2, 0.25) is 0 Å². The number of nitrogens with two attached hydrogens (primary N) is 1. The molecule has 0 atom stereocenters. The van der Waals surface area contributed by atoms with Crippen molar-refractivity contribution < 1.29 is 4.74 Å². The molecule has 2 aromatic carbocycles. The monoisotopic (exact) mass is 325 g/mol. The normalized spacial score (nSPS) is 10.4. The number of benzene rings is 2. The predicted molar refractivity (Wildman–Crippen MR) is 79.1 cm³/mol. The molecule has 0 aliphatic rings. The molecular weight excluding hydrogens is 314 g/mol. The molecule has 0 aliphatic heterocycles. The van der Waals surface area contributed by atoms with Crippen molar-refractivity contribution in [3.8, 4) is 5.75 Å². The van der Waals surface area contributed by atoms with E-state index < -0.39 is 0 Å². The molecule has 18 heavy (non-hydrogen) atoms. The van der Waals surface area contributed by atoms with E-state index in [0.29, 0.717) is 17.3 Å². The number of halogens is 2. The van der Waals surface area contributed by atoms with Crippen molar-refractivity contribution in [1.82, 2.24) is 0 Å². The predicted octanol–water partition coefficient (Wildman–Crippen LogP) is 4.57. The molecule has 2 nitrogen and oxygen atoms in total. The van der Waals surface area contributed by atoms with Crippen LogP contribution in [0, 0.1) is 6.92 Å². The summed E-state index contributed by atoms with van der Waals surface area (Å²) in [4.78, 5) is 0. The van der Waals surface area contributed by atoms with Gasteiger partial charge in [0, 0.05) is 20.7 Å². The van der Waals surface area contributed by atoms with Gasteiger partial charge >= 0.3 is 0 Å². The molecule has 0 fully saturated rings. The van der Waals surface area contributed by atoms with Gasteiger partial charge in [0.05, 0.1) is 0 Å². The molecule has 0 radical (unpaired) electrons. The molecule has 2 rings (SSSR count). The van der Waals surface area contributed by atoms with E-state index in [-0.39, 0.29) is 0 Å². The number of hydrogen-bond acceptors (Lipinski definition) is 2. The SMILES string of the molecule is Cc1cc(Br)ccc1OCc1cc(Cl)ccc1N. The molecule has 0 saturated carbocycles. The Morgan fingerprint density at radius 1 is 1.22 bits per heavy atom. The average Bonchev–Trinajstić information content (AvgIpc) is 2.32. The summed E-state index contributed by atoms with van der Waals surface area (Å²) in [6, 6.07) is 11.3. The van der Waals surface area contributed by atoms with Crippen molar-refractivity contribution in [2.24, 2.45) is 0 Å². The summed E-state index contributed by atoms with van der Waals surface area (Å²) < 4.78 is 6.79. The molecule has 2 N–H and O–H groups in total. The third kappa shape index (κ3) is 3.18. The maximum absolute atomic E-state index is 5.93. The number of rotatable bonds is 3. The Morgan fingerprint density at radius 2 is 2.00 bits per heavy atom. The van der Waals surface area contributed by atoms with Crippen LogP contribution in [0.3, 0.4) is 0 Å². The molecule has 94 valence electrons. The van der Waals surface area contributed by atoms with Crippen LogP contribution in [-0.2, 0) is 6.61 Å². The van der Waals surface area contributed by atoms with Crippen LogP contribution in [0.25, 0.3) is 0 Å². The van der Waals surface area contributed by atoms with Crippen molar-refractivity contribution in [1.29, 1.82) is 0 Å². The average molecular weight is 327 g/mol. The highest BCUT2D eigenvalue weighted by molar-refractivity contribution is 9.10. The number of ether oxygens (including phenoxy) is 1. The molecule has 0 amide bonds. The van der Waals surface area contributed by atoms with Gasteiger partial charge in [-0.15, -0.1) is 0 Å². The molecule has 0 aliphatic carbocycles. The molecule has 4 heteroatoms. The first-order valence-corrected chi connectivity index (χ1v) is 6.66. The minimum atomic E-state index is 0.412. The summed E-state index contributed by atoms with van der Waals surface area (Å²) in [7, 11) is 0. The van der Waals surface area contributed by atoms with Crippen molar-refractivity contribution in [2.45, 2.75) is 13.5 Å². The Morgan fingerprint density at radius 3 is 2.72 bits per heavy atom. The molecule has 0 aromatic heterocycles. The Balaban J connectivity index is 2.13. The summed E-state index contributed by atoms with van der Waals surface area (Å²) in [6.45, 7) is 2.41. The minimum absolute atomic E-state index is 0.412. The van der Waals surface area contributed by atoms with Gasteiger partial charge in [-0.2, -0.15) is 0 Å². The van der Waals surface area contributed by atoms with Gasteiger partial charge in [-0.1, -0.05) is 27.5 Å². The standard InChI is InChI=1S/C14H13BrClNO/c1-9-6-11(15)2-5-14(9)18-8-10-7-12(16)3-4-13(10)17/h2-7H,8,17H2,1H3. The number of aryl methyl sites for hydroxylation is 1. The van der Waals surface area contributed by atoms with Crippen LogP contribution in [0.4, 0.5) is 5.69 Å². The second-order valence-corrected chi connectivity index (χ2v) is 5.39. The van der Waals surface area contributed by atoms with Crippen LogP contribution >= 0.6 is 27.5 Å². The van der Waals surface area contributed by atoms with E-state index >= 15 is 0 Å². The molecule has 0 spiro atoms. The van der Waals surface area contributed by atoms with Crippen molar-refractivity contribution in [2.75, 3.05) is 5.73 Å². The Kier molecular flexibility index (Phi) is 4.15. The lowest BCUT2D eigenvalue weighted by atomic mass is 10.2.